The Labute approximate surface area is 188 Å². The van der Waals surface area contributed by atoms with Gasteiger partial charge < -0.3 is 9.64 Å². The number of hydrogen-bond donors (Lipinski definition) is 0. The fourth-order valence-corrected chi connectivity index (χ4v) is 5.88. The first-order chi connectivity index (χ1) is 15.5. The molecule has 5 rings (SSSR count). The first-order valence-corrected chi connectivity index (χ1v) is 11.8. The summed E-state index contributed by atoms with van der Waals surface area (Å²) in [5.41, 5.74) is 1.16. The second kappa shape index (κ2) is 8.43. The Kier molecular flexibility index (Phi) is 5.61. The first-order valence-electron chi connectivity index (χ1n) is 11.8. The fraction of sp³-hybridized carbons (Fsp3) is 0.600. The number of likely N-dealkylation sites (tertiary alicyclic amines) is 1. The summed E-state index contributed by atoms with van der Waals surface area (Å²) >= 11 is 0. The third-order valence-corrected chi connectivity index (χ3v) is 7.60. The number of carbonyl (C=O) groups is 3. The van der Waals surface area contributed by atoms with Gasteiger partial charge in [0, 0.05) is 31.9 Å². The van der Waals surface area contributed by atoms with Gasteiger partial charge >= 0.3 is 0 Å². The van der Waals surface area contributed by atoms with Gasteiger partial charge in [-0.15, -0.1) is 0 Å². The Hall–Kier alpha value is -2.54. The van der Waals surface area contributed by atoms with E-state index in [1.165, 1.54) is 6.92 Å². The van der Waals surface area contributed by atoms with Crippen LogP contribution in [0.15, 0.2) is 24.3 Å². The molecule has 1 aliphatic heterocycles. The minimum Gasteiger partial charge on any atom is -0.381 e. The highest BCUT2D eigenvalue weighted by atomic mass is 16.5. The quantitative estimate of drug-likeness (QED) is 0.620. The van der Waals surface area contributed by atoms with Crippen molar-refractivity contribution >= 4 is 28.4 Å². The molecular weight excluding hydrogens is 406 g/mol. The molecule has 7 heteroatoms. The van der Waals surface area contributed by atoms with Crippen LogP contribution < -0.4 is 0 Å². The highest BCUT2D eigenvalue weighted by molar-refractivity contribution is 6.05. The van der Waals surface area contributed by atoms with E-state index in [0.717, 1.165) is 49.4 Å². The van der Waals surface area contributed by atoms with Crippen molar-refractivity contribution in [3.05, 3.63) is 30.0 Å². The van der Waals surface area contributed by atoms with Gasteiger partial charge in [-0.1, -0.05) is 24.6 Å². The topological polar surface area (TPSA) is 81.5 Å². The molecule has 170 valence electrons. The maximum absolute atomic E-state index is 13.4. The first kappa shape index (κ1) is 21.3. The van der Waals surface area contributed by atoms with Crippen molar-refractivity contribution in [1.29, 1.82) is 0 Å². The van der Waals surface area contributed by atoms with Crippen LogP contribution in [0, 0.1) is 11.8 Å². The van der Waals surface area contributed by atoms with Gasteiger partial charge in [-0.05, 0) is 50.0 Å². The van der Waals surface area contributed by atoms with Crippen LogP contribution in [0.2, 0.25) is 0 Å². The number of piperidine rings is 1. The number of para-hydroxylation sites is 1. The fourth-order valence-electron chi connectivity index (χ4n) is 5.88. The van der Waals surface area contributed by atoms with Gasteiger partial charge in [0.25, 0.3) is 0 Å². The Morgan fingerprint density at radius 3 is 2.72 bits per heavy atom. The molecule has 1 amide bonds. The molecule has 2 saturated carbocycles. The molecule has 2 aromatic rings. The molecule has 0 radical (unpaired) electrons. The smallest absolute Gasteiger partial charge is 0.245 e. The number of carbonyl (C=O) groups excluding carboxylic acids is 3. The van der Waals surface area contributed by atoms with Crippen LogP contribution in [0.1, 0.15) is 62.4 Å². The van der Waals surface area contributed by atoms with Crippen molar-refractivity contribution in [1.82, 2.24) is 14.7 Å². The van der Waals surface area contributed by atoms with E-state index in [4.69, 9.17) is 4.74 Å². The highest BCUT2D eigenvalue weighted by Crippen LogP contribution is 2.48. The van der Waals surface area contributed by atoms with Gasteiger partial charge in [0.1, 0.15) is 12.2 Å². The van der Waals surface area contributed by atoms with E-state index in [9.17, 15) is 14.4 Å². The van der Waals surface area contributed by atoms with E-state index in [-0.39, 0.29) is 42.2 Å². The Bertz CT molecular complexity index is 1060. The van der Waals surface area contributed by atoms with E-state index in [1.807, 2.05) is 29.2 Å². The zero-order valence-electron chi connectivity index (χ0n) is 18.8. The van der Waals surface area contributed by atoms with E-state index >= 15 is 0 Å². The lowest BCUT2D eigenvalue weighted by Gasteiger charge is -2.31. The molecule has 5 atom stereocenters. The van der Waals surface area contributed by atoms with E-state index in [0.29, 0.717) is 24.0 Å². The third-order valence-electron chi connectivity index (χ3n) is 7.60. The molecule has 1 saturated heterocycles. The van der Waals surface area contributed by atoms with Crippen LogP contribution in [-0.2, 0) is 20.9 Å². The summed E-state index contributed by atoms with van der Waals surface area (Å²) in [5, 5.41) is 5.20. The maximum atomic E-state index is 13.4. The number of fused-ring (bicyclic) bond motifs is 2. The number of ketones is 2. The molecule has 7 nitrogen and oxygen atoms in total. The van der Waals surface area contributed by atoms with Crippen molar-refractivity contribution in [2.24, 2.45) is 11.8 Å². The van der Waals surface area contributed by atoms with Gasteiger partial charge in [-0.25, -0.2) is 0 Å². The Balaban J connectivity index is 1.32. The predicted molar refractivity (Wildman–Crippen MR) is 119 cm³/mol. The monoisotopic (exact) mass is 437 g/mol. The molecule has 0 bridgehead atoms. The Morgan fingerprint density at radius 2 is 1.94 bits per heavy atom. The number of rotatable bonds is 7. The summed E-state index contributed by atoms with van der Waals surface area (Å²) in [6.45, 7) is 1.54. The van der Waals surface area contributed by atoms with Gasteiger partial charge in [-0.2, -0.15) is 5.10 Å². The largest absolute Gasteiger partial charge is 0.381 e. The Morgan fingerprint density at radius 1 is 1.12 bits per heavy atom. The molecule has 2 heterocycles. The van der Waals surface area contributed by atoms with Crippen LogP contribution in [-0.4, -0.2) is 57.5 Å². The summed E-state index contributed by atoms with van der Waals surface area (Å²) < 4.78 is 7.14. The zero-order valence-corrected chi connectivity index (χ0v) is 18.8. The number of nitrogens with zero attached hydrogens (tertiary/aromatic N) is 3. The van der Waals surface area contributed by atoms with Crippen molar-refractivity contribution < 1.29 is 19.1 Å². The number of ether oxygens (including phenoxy) is 1. The number of aromatic nitrogens is 2. The van der Waals surface area contributed by atoms with Gasteiger partial charge in [0.2, 0.25) is 5.91 Å². The lowest BCUT2D eigenvalue weighted by Crippen LogP contribution is -2.45. The molecule has 0 unspecified atom stereocenters. The predicted octanol–water partition coefficient (Wildman–Crippen LogP) is 3.39. The molecule has 0 N–H and O–H groups in total. The molecule has 0 spiro atoms. The lowest BCUT2D eigenvalue weighted by atomic mass is 9.82. The van der Waals surface area contributed by atoms with Crippen LogP contribution >= 0.6 is 0 Å². The second-order valence-electron chi connectivity index (χ2n) is 9.76. The minimum atomic E-state index is -0.316. The number of hydrogen-bond acceptors (Lipinski definition) is 5. The minimum absolute atomic E-state index is 0.0516. The van der Waals surface area contributed by atoms with Gasteiger partial charge in [0.05, 0.1) is 17.7 Å². The average molecular weight is 438 g/mol. The summed E-state index contributed by atoms with van der Waals surface area (Å²) in [7, 11) is 1.75. The molecular formula is C25H31N3O4. The molecule has 32 heavy (non-hydrogen) atoms. The van der Waals surface area contributed by atoms with Crippen LogP contribution in [0.5, 0.6) is 0 Å². The van der Waals surface area contributed by atoms with Crippen LogP contribution in [0.25, 0.3) is 10.9 Å². The second-order valence-corrected chi connectivity index (χ2v) is 9.76. The third kappa shape index (κ3) is 3.87. The zero-order chi connectivity index (χ0) is 22.4. The van der Waals surface area contributed by atoms with E-state index in [2.05, 4.69) is 5.10 Å². The number of methoxy groups -OCH3 is 1. The average Bonchev–Trinajstić information content (AvgIpc) is 3.29. The lowest BCUT2D eigenvalue weighted by molar-refractivity contribution is -0.140. The summed E-state index contributed by atoms with van der Waals surface area (Å²) in [6.07, 6.45) is 6.72. The molecule has 1 aromatic heterocycles. The standard InChI is InChI=1S/C25H31N3O4/c1-15(29)25-19-8-3-4-9-20(19)27(26-25)14-24(31)28-21-12-17(21)13-22(28)23(30)11-16-6-5-7-18(10-16)32-2/h3-4,8-9,16-18,21-22H,5-7,10-14H2,1-2H3/t16-,17-,18+,21-,22+/m1/s1. The van der Waals surface area contributed by atoms with E-state index in [1.54, 1.807) is 11.8 Å². The number of amides is 1. The van der Waals surface area contributed by atoms with Crippen molar-refractivity contribution in [2.75, 3.05) is 7.11 Å². The van der Waals surface area contributed by atoms with Crippen molar-refractivity contribution in [3.63, 3.8) is 0 Å². The normalized spacial score (nSPS) is 29.2. The summed E-state index contributed by atoms with van der Waals surface area (Å²) in [6, 6.07) is 7.35. The van der Waals surface area contributed by atoms with Crippen molar-refractivity contribution in [2.45, 2.75) is 76.6 Å². The SMILES string of the molecule is CO[C@H]1CCC[C@@H](CC(=O)[C@@H]2C[C@H]3C[C@H]3N2C(=O)Cn2nc(C(C)=O)c3ccccc32)C1. The summed E-state index contributed by atoms with van der Waals surface area (Å²) in [4.78, 5) is 40.5. The van der Waals surface area contributed by atoms with Crippen molar-refractivity contribution in [3.8, 4) is 0 Å². The molecule has 1 aromatic carbocycles. The highest BCUT2D eigenvalue weighted by Gasteiger charge is 2.55. The van der Waals surface area contributed by atoms with Crippen LogP contribution in [0.4, 0.5) is 0 Å². The molecule has 3 fully saturated rings. The molecule has 2 aliphatic carbocycles. The summed E-state index contributed by atoms with van der Waals surface area (Å²) in [5.74, 6) is 0.805. The van der Waals surface area contributed by atoms with E-state index < -0.39 is 0 Å². The van der Waals surface area contributed by atoms with Gasteiger partial charge in [-0.3, -0.25) is 19.1 Å². The van der Waals surface area contributed by atoms with Crippen LogP contribution in [0.3, 0.4) is 0 Å². The number of benzene rings is 1. The molecule has 3 aliphatic rings. The van der Waals surface area contributed by atoms with Gasteiger partial charge in [0.15, 0.2) is 11.6 Å². The number of Topliss-reactive ketones (excluding diaryl/α,β-unsaturated/α-hetero) is 2. The maximum Gasteiger partial charge on any atom is 0.245 e.